The van der Waals surface area contributed by atoms with Crippen molar-refractivity contribution in [3.05, 3.63) is 82.3 Å². The van der Waals surface area contributed by atoms with Crippen molar-refractivity contribution in [1.82, 2.24) is 29.4 Å². The van der Waals surface area contributed by atoms with Crippen LogP contribution in [0.25, 0.3) is 33.7 Å². The highest BCUT2D eigenvalue weighted by Gasteiger charge is 2.26. The van der Waals surface area contributed by atoms with Crippen molar-refractivity contribution in [2.75, 3.05) is 44.4 Å². The first-order chi connectivity index (χ1) is 20.3. The summed E-state index contributed by atoms with van der Waals surface area (Å²) in [6.07, 6.45) is 7.27. The van der Waals surface area contributed by atoms with Crippen LogP contribution < -0.4 is 10.2 Å². The summed E-state index contributed by atoms with van der Waals surface area (Å²) in [5.41, 5.74) is 7.13. The molecule has 3 aromatic heterocycles. The first-order valence-corrected chi connectivity index (χ1v) is 14.0. The lowest BCUT2D eigenvalue weighted by molar-refractivity contribution is -0.384. The van der Waals surface area contributed by atoms with Gasteiger partial charge in [0.1, 0.15) is 5.69 Å². The number of aryl methyl sites for hydroxylation is 3. The molecule has 1 N–H and O–H groups in total. The Morgan fingerprint density at radius 2 is 1.83 bits per heavy atom. The molecule has 11 heteroatoms. The molecule has 2 aromatic carbocycles. The van der Waals surface area contributed by atoms with Crippen molar-refractivity contribution in [3.8, 4) is 22.8 Å². The minimum absolute atomic E-state index is 0.0259. The summed E-state index contributed by atoms with van der Waals surface area (Å²) in [4.78, 5) is 34.3. The number of hydrogen-bond donors (Lipinski definition) is 1. The molecule has 0 saturated carbocycles. The number of nitro benzene ring substituents is 1. The number of likely N-dealkylation sites (N-methyl/N-ethyl adjacent to an activating group) is 2. The van der Waals surface area contributed by atoms with Crippen LogP contribution >= 0.6 is 0 Å². The number of nitrogens with one attached hydrogen (secondary N) is 1. The van der Waals surface area contributed by atoms with Gasteiger partial charge in [-0.05, 0) is 63.2 Å². The molecule has 4 heterocycles. The maximum atomic E-state index is 12.1. The monoisotopic (exact) mass is 563 g/mol. The Balaban J connectivity index is 1.42. The van der Waals surface area contributed by atoms with Gasteiger partial charge >= 0.3 is 0 Å². The Bertz CT molecular complexity index is 1780. The molecule has 11 nitrogen and oxygen atoms in total. The molecule has 0 saturated heterocycles. The van der Waals surface area contributed by atoms with Crippen LogP contribution in [0.1, 0.15) is 17.5 Å². The molecule has 0 amide bonds. The minimum Gasteiger partial charge on any atom is -0.368 e. The number of rotatable bonds is 9. The van der Waals surface area contributed by atoms with Gasteiger partial charge in [0.25, 0.3) is 5.69 Å². The van der Waals surface area contributed by atoms with E-state index in [9.17, 15) is 10.1 Å². The summed E-state index contributed by atoms with van der Waals surface area (Å²) in [6.45, 7) is 4.24. The van der Waals surface area contributed by atoms with Crippen molar-refractivity contribution in [2.45, 2.75) is 26.3 Å². The van der Waals surface area contributed by atoms with Crippen LogP contribution in [0, 0.1) is 17.0 Å². The van der Waals surface area contributed by atoms with E-state index in [1.54, 1.807) is 24.7 Å². The molecule has 0 spiro atoms. The molecular weight excluding hydrogens is 530 g/mol. The normalized spacial score (nSPS) is 12.6. The van der Waals surface area contributed by atoms with Gasteiger partial charge in [-0.25, -0.2) is 19.9 Å². The molecule has 0 aliphatic carbocycles. The lowest BCUT2D eigenvalue weighted by Crippen LogP contribution is -2.29. The molecule has 1 aliphatic heterocycles. The van der Waals surface area contributed by atoms with Gasteiger partial charge in [0.2, 0.25) is 5.95 Å². The van der Waals surface area contributed by atoms with Crippen LogP contribution in [0.5, 0.6) is 0 Å². The Morgan fingerprint density at radius 1 is 1.02 bits per heavy atom. The Kier molecular flexibility index (Phi) is 7.26. The van der Waals surface area contributed by atoms with E-state index >= 15 is 0 Å². The number of nitro groups is 1. The topological polar surface area (TPSA) is 118 Å². The van der Waals surface area contributed by atoms with Crippen molar-refractivity contribution < 1.29 is 4.92 Å². The molecule has 5 aromatic rings. The smallest absolute Gasteiger partial charge is 0.294 e. The van der Waals surface area contributed by atoms with E-state index in [0.717, 1.165) is 53.8 Å². The summed E-state index contributed by atoms with van der Waals surface area (Å²) in [5, 5.41) is 16.4. The fourth-order valence-electron chi connectivity index (χ4n) is 5.67. The predicted octanol–water partition coefficient (Wildman–Crippen LogP) is 5.46. The van der Waals surface area contributed by atoms with E-state index in [4.69, 9.17) is 4.98 Å². The van der Waals surface area contributed by atoms with Gasteiger partial charge in [0.15, 0.2) is 5.82 Å². The molecule has 214 valence electrons. The average Bonchev–Trinajstić information content (AvgIpc) is 3.33. The van der Waals surface area contributed by atoms with Crippen molar-refractivity contribution in [3.63, 3.8) is 0 Å². The van der Waals surface area contributed by atoms with Gasteiger partial charge in [0.05, 0.1) is 27.5 Å². The quantitative estimate of drug-likeness (QED) is 0.184. The van der Waals surface area contributed by atoms with E-state index in [0.29, 0.717) is 29.7 Å². The van der Waals surface area contributed by atoms with Crippen LogP contribution in [0.4, 0.5) is 23.0 Å². The van der Waals surface area contributed by atoms with E-state index in [2.05, 4.69) is 43.0 Å². The molecule has 42 heavy (non-hydrogen) atoms. The third kappa shape index (κ3) is 5.03. The second kappa shape index (κ2) is 11.2. The fraction of sp³-hybridized carbons (Fsp3) is 0.290. The second-order valence-electron chi connectivity index (χ2n) is 10.9. The molecule has 1 aliphatic rings. The number of nitrogens with zero attached hydrogens (tertiary/aromatic N) is 8. The van der Waals surface area contributed by atoms with E-state index in [-0.39, 0.29) is 10.6 Å². The highest BCUT2D eigenvalue weighted by atomic mass is 16.6. The SMILES string of the molecule is Cc1cc(N(C)CCN(C)C)c([N+](=O)[O-])cc1Nc1nccc(-c2c(-c3ncccn3)n3c4c(cccc24)CCC3)n1. The maximum absolute atomic E-state index is 12.1. The predicted molar refractivity (Wildman–Crippen MR) is 165 cm³/mol. The summed E-state index contributed by atoms with van der Waals surface area (Å²) in [7, 11) is 5.83. The van der Waals surface area contributed by atoms with E-state index in [1.165, 1.54) is 11.1 Å². The van der Waals surface area contributed by atoms with E-state index < -0.39 is 0 Å². The Morgan fingerprint density at radius 3 is 2.60 bits per heavy atom. The number of hydrogen-bond acceptors (Lipinski definition) is 9. The van der Waals surface area contributed by atoms with Crippen molar-refractivity contribution in [2.24, 2.45) is 0 Å². The van der Waals surface area contributed by atoms with Crippen LogP contribution in [-0.4, -0.2) is 68.6 Å². The second-order valence-corrected chi connectivity index (χ2v) is 10.9. The highest BCUT2D eigenvalue weighted by molar-refractivity contribution is 6.04. The minimum atomic E-state index is -0.344. The first kappa shape index (κ1) is 27.3. The molecule has 0 fully saturated rings. The zero-order valence-corrected chi connectivity index (χ0v) is 24.2. The van der Waals surface area contributed by atoms with Crippen molar-refractivity contribution in [1.29, 1.82) is 0 Å². The van der Waals surface area contributed by atoms with Gasteiger partial charge in [0, 0.05) is 62.3 Å². The molecule has 0 bridgehead atoms. The number of benzene rings is 2. The molecule has 0 radical (unpaired) electrons. The number of anilines is 3. The van der Waals surface area contributed by atoms with Crippen LogP contribution in [-0.2, 0) is 13.0 Å². The maximum Gasteiger partial charge on any atom is 0.294 e. The lowest BCUT2D eigenvalue weighted by atomic mass is 10.0. The van der Waals surface area contributed by atoms with E-state index in [1.807, 2.05) is 56.1 Å². The molecule has 0 unspecified atom stereocenters. The third-order valence-electron chi connectivity index (χ3n) is 7.74. The summed E-state index contributed by atoms with van der Waals surface area (Å²) < 4.78 is 2.31. The standard InChI is InChI=1S/C31H33N9O2/c1-20-18-25(38(4)17-16-37(2)3)26(40(41)42)19-24(20)36-31-34-14-11-23(35-31)27-22-10-5-8-21-9-6-15-39(28(21)22)29(27)30-32-12-7-13-33-30/h5,7-8,10-14,18-19H,6,9,15-17H2,1-4H3,(H,34,35,36). The highest BCUT2D eigenvalue weighted by Crippen LogP contribution is 2.42. The molecule has 0 atom stereocenters. The Labute approximate surface area is 244 Å². The zero-order valence-electron chi connectivity index (χ0n) is 24.2. The first-order valence-electron chi connectivity index (χ1n) is 14.0. The van der Waals surface area contributed by atoms with Gasteiger partial charge in [-0.1, -0.05) is 18.2 Å². The van der Waals surface area contributed by atoms with Gasteiger partial charge in [-0.15, -0.1) is 0 Å². The number of para-hydroxylation sites is 1. The molecular formula is C31H33N9O2. The summed E-state index contributed by atoms with van der Waals surface area (Å²) >= 11 is 0. The van der Waals surface area contributed by atoms with Gasteiger partial charge < -0.3 is 19.7 Å². The lowest BCUT2D eigenvalue weighted by Gasteiger charge is -2.22. The van der Waals surface area contributed by atoms with Crippen LogP contribution in [0.15, 0.2) is 61.1 Å². The number of aromatic nitrogens is 5. The summed E-state index contributed by atoms with van der Waals surface area (Å²) in [6, 6.07) is 13.5. The average molecular weight is 564 g/mol. The van der Waals surface area contributed by atoms with Crippen LogP contribution in [0.3, 0.4) is 0 Å². The van der Waals surface area contributed by atoms with Gasteiger partial charge in [-0.2, -0.15) is 0 Å². The summed E-state index contributed by atoms with van der Waals surface area (Å²) in [5.74, 6) is 0.996. The van der Waals surface area contributed by atoms with Gasteiger partial charge in [-0.3, -0.25) is 10.1 Å². The zero-order chi connectivity index (χ0) is 29.4. The molecule has 6 rings (SSSR count). The third-order valence-corrected chi connectivity index (χ3v) is 7.74. The van der Waals surface area contributed by atoms with Crippen LogP contribution in [0.2, 0.25) is 0 Å². The largest absolute Gasteiger partial charge is 0.368 e. The van der Waals surface area contributed by atoms with Crippen molar-refractivity contribution >= 4 is 33.9 Å². The Hall–Kier alpha value is -4.90. The fourth-order valence-corrected chi connectivity index (χ4v) is 5.67.